The van der Waals surface area contributed by atoms with E-state index in [1.807, 2.05) is 0 Å². The first-order valence-corrected chi connectivity index (χ1v) is 12.2. The second-order valence-electron chi connectivity index (χ2n) is 6.64. The van der Waals surface area contributed by atoms with Gasteiger partial charge in [0.15, 0.2) is 11.4 Å². The van der Waals surface area contributed by atoms with Gasteiger partial charge in [-0.3, -0.25) is 9.52 Å². The molecule has 0 aliphatic rings. The fraction of sp³-hybridized carbons (Fsp3) is 0.0909. The predicted molar refractivity (Wildman–Crippen MR) is 124 cm³/mol. The minimum absolute atomic E-state index is 0.0239. The van der Waals surface area contributed by atoms with Crippen LogP contribution in [0, 0.1) is 0 Å². The Balaban J connectivity index is 1.52. The first-order valence-electron chi connectivity index (χ1n) is 9.34. The number of carbonyl (C=O) groups is 1. The maximum absolute atomic E-state index is 12.8. The third-order valence-corrected chi connectivity index (χ3v) is 6.90. The lowest BCUT2D eigenvalue weighted by Gasteiger charge is -2.11. The number of para-hydroxylation sites is 2. The van der Waals surface area contributed by atoms with Crippen molar-refractivity contribution in [2.24, 2.45) is 0 Å². The number of anilines is 1. The largest absolute Gasteiger partial charge is 0.495 e. The van der Waals surface area contributed by atoms with Crippen molar-refractivity contribution >= 4 is 56.0 Å². The van der Waals surface area contributed by atoms with Gasteiger partial charge in [-0.25, -0.2) is 13.4 Å². The molecule has 0 atom stereocenters. The van der Waals surface area contributed by atoms with Crippen molar-refractivity contribution in [3.05, 3.63) is 77.3 Å². The molecule has 32 heavy (non-hydrogen) atoms. The van der Waals surface area contributed by atoms with Gasteiger partial charge in [0.25, 0.3) is 15.2 Å². The molecule has 0 spiro atoms. The van der Waals surface area contributed by atoms with Crippen LogP contribution >= 0.6 is 23.4 Å². The summed E-state index contributed by atoms with van der Waals surface area (Å²) in [6.45, 7) is 0. The SMILES string of the molecule is COc1ccccc1NS(=O)(=O)c1ccc2oc(SCC(=O)c3cccc(Cl)c3)nc2c1. The molecule has 7 nitrogen and oxygen atoms in total. The number of ketones is 1. The van der Waals surface area contributed by atoms with Crippen molar-refractivity contribution in [2.75, 3.05) is 17.6 Å². The van der Waals surface area contributed by atoms with E-state index < -0.39 is 10.0 Å². The third-order valence-electron chi connectivity index (χ3n) is 4.47. The highest BCUT2D eigenvalue weighted by Gasteiger charge is 2.19. The van der Waals surface area contributed by atoms with Crippen molar-refractivity contribution < 1.29 is 22.4 Å². The molecule has 4 aromatic rings. The number of rotatable bonds is 8. The van der Waals surface area contributed by atoms with Crippen LogP contribution in [0.15, 0.2) is 81.3 Å². The summed E-state index contributed by atoms with van der Waals surface area (Å²) in [6.07, 6.45) is 0. The number of ether oxygens (including phenoxy) is 1. The lowest BCUT2D eigenvalue weighted by atomic mass is 10.1. The number of aromatic nitrogens is 1. The third kappa shape index (κ3) is 4.90. The fourth-order valence-corrected chi connectivity index (χ4v) is 4.93. The summed E-state index contributed by atoms with van der Waals surface area (Å²) in [4.78, 5) is 16.7. The topological polar surface area (TPSA) is 98.5 Å². The predicted octanol–water partition coefficient (Wildman–Crippen LogP) is 5.27. The number of fused-ring (bicyclic) bond motifs is 1. The molecule has 0 aliphatic carbocycles. The number of halogens is 1. The van der Waals surface area contributed by atoms with Gasteiger partial charge in [-0.1, -0.05) is 47.6 Å². The Bertz CT molecular complexity index is 1400. The quantitative estimate of drug-likeness (QED) is 0.266. The first-order chi connectivity index (χ1) is 15.4. The van der Waals surface area contributed by atoms with E-state index in [-0.39, 0.29) is 21.7 Å². The summed E-state index contributed by atoms with van der Waals surface area (Å²) < 4.78 is 39.0. The number of nitrogens with zero attached hydrogens (tertiary/aromatic N) is 1. The average molecular weight is 489 g/mol. The molecule has 0 amide bonds. The van der Waals surface area contributed by atoms with Crippen LogP contribution in [-0.4, -0.2) is 32.0 Å². The zero-order chi connectivity index (χ0) is 22.7. The Hall–Kier alpha value is -3.01. The summed E-state index contributed by atoms with van der Waals surface area (Å²) >= 11 is 7.05. The molecule has 3 aromatic carbocycles. The van der Waals surface area contributed by atoms with E-state index >= 15 is 0 Å². The normalized spacial score (nSPS) is 11.4. The number of hydrogen-bond donors (Lipinski definition) is 1. The average Bonchev–Trinajstić information content (AvgIpc) is 3.20. The number of Topliss-reactive ketones (excluding diaryl/α,β-unsaturated/α-hetero) is 1. The molecule has 0 radical (unpaired) electrons. The number of benzene rings is 3. The van der Waals surface area contributed by atoms with Crippen LogP contribution in [0.1, 0.15) is 10.4 Å². The number of hydrogen-bond acceptors (Lipinski definition) is 7. The number of nitrogens with one attached hydrogen (secondary N) is 1. The summed E-state index contributed by atoms with van der Waals surface area (Å²) in [6, 6.07) is 17.8. The number of carbonyl (C=O) groups excluding carboxylic acids is 1. The van der Waals surface area contributed by atoms with Gasteiger partial charge in [0.1, 0.15) is 11.3 Å². The summed E-state index contributed by atoms with van der Waals surface area (Å²) in [7, 11) is -2.42. The molecule has 1 aromatic heterocycles. The molecule has 0 aliphatic heterocycles. The number of sulfonamides is 1. The van der Waals surface area contributed by atoms with Crippen LogP contribution in [0.25, 0.3) is 11.1 Å². The van der Waals surface area contributed by atoms with Gasteiger partial charge in [0.2, 0.25) is 0 Å². The highest BCUT2D eigenvalue weighted by molar-refractivity contribution is 7.99. The molecule has 0 fully saturated rings. The first kappa shape index (κ1) is 22.2. The van der Waals surface area contributed by atoms with E-state index in [0.717, 1.165) is 11.8 Å². The van der Waals surface area contributed by atoms with E-state index in [4.69, 9.17) is 20.8 Å². The smallest absolute Gasteiger partial charge is 0.262 e. The molecule has 4 rings (SSSR count). The highest BCUT2D eigenvalue weighted by Crippen LogP contribution is 2.29. The van der Waals surface area contributed by atoms with Crippen molar-refractivity contribution in [3.8, 4) is 5.75 Å². The summed E-state index contributed by atoms with van der Waals surface area (Å²) in [5, 5.41) is 0.751. The van der Waals surface area contributed by atoms with Crippen molar-refractivity contribution in [3.63, 3.8) is 0 Å². The molecular weight excluding hydrogens is 472 g/mol. The van der Waals surface area contributed by atoms with Gasteiger partial charge >= 0.3 is 0 Å². The molecule has 1 heterocycles. The van der Waals surface area contributed by atoms with Crippen LogP contribution in [0.3, 0.4) is 0 Å². The zero-order valence-corrected chi connectivity index (χ0v) is 19.1. The molecule has 1 N–H and O–H groups in total. The summed E-state index contributed by atoms with van der Waals surface area (Å²) in [5.41, 5.74) is 1.60. The van der Waals surface area contributed by atoms with Crippen LogP contribution in [0.4, 0.5) is 5.69 Å². The summed E-state index contributed by atoms with van der Waals surface area (Å²) in [5.74, 6) is 0.388. The van der Waals surface area contributed by atoms with E-state index in [0.29, 0.717) is 33.1 Å². The van der Waals surface area contributed by atoms with E-state index in [2.05, 4.69) is 9.71 Å². The van der Waals surface area contributed by atoms with Crippen LogP contribution < -0.4 is 9.46 Å². The van der Waals surface area contributed by atoms with Gasteiger partial charge in [0, 0.05) is 10.6 Å². The van der Waals surface area contributed by atoms with Crippen LogP contribution in [0.5, 0.6) is 5.75 Å². The minimum atomic E-state index is -3.88. The Labute approximate surface area is 193 Å². The molecule has 0 bridgehead atoms. The van der Waals surface area contributed by atoms with Gasteiger partial charge < -0.3 is 9.15 Å². The minimum Gasteiger partial charge on any atom is -0.495 e. The van der Waals surface area contributed by atoms with E-state index in [1.165, 1.54) is 25.3 Å². The molecule has 0 unspecified atom stereocenters. The molecule has 10 heteroatoms. The Morgan fingerprint density at radius 1 is 1.12 bits per heavy atom. The van der Waals surface area contributed by atoms with Crippen LogP contribution in [0.2, 0.25) is 5.02 Å². The van der Waals surface area contributed by atoms with E-state index in [1.54, 1.807) is 48.5 Å². The van der Waals surface area contributed by atoms with Gasteiger partial charge in [-0.2, -0.15) is 0 Å². The Morgan fingerprint density at radius 2 is 1.94 bits per heavy atom. The lowest BCUT2D eigenvalue weighted by Crippen LogP contribution is -2.13. The zero-order valence-electron chi connectivity index (χ0n) is 16.7. The van der Waals surface area contributed by atoms with Gasteiger partial charge in [0.05, 0.1) is 23.4 Å². The van der Waals surface area contributed by atoms with Gasteiger partial charge in [-0.05, 0) is 42.5 Å². The molecule has 0 saturated carbocycles. The number of methoxy groups -OCH3 is 1. The number of oxazole rings is 1. The molecule has 164 valence electrons. The lowest BCUT2D eigenvalue weighted by molar-refractivity contribution is 0.102. The maximum Gasteiger partial charge on any atom is 0.262 e. The van der Waals surface area contributed by atoms with Crippen LogP contribution in [-0.2, 0) is 10.0 Å². The standard InChI is InChI=1S/C22H17ClN2O5S2/c1-29-20-8-3-2-7-17(20)25-32(27,28)16-9-10-21-18(12-16)24-22(30-21)31-13-19(26)14-5-4-6-15(23)11-14/h2-12,25H,13H2,1H3. The van der Waals surface area contributed by atoms with Crippen molar-refractivity contribution in [2.45, 2.75) is 10.1 Å². The Kier molecular flexibility index (Phi) is 6.40. The fourth-order valence-electron chi connectivity index (χ4n) is 2.92. The van der Waals surface area contributed by atoms with Crippen molar-refractivity contribution in [1.29, 1.82) is 0 Å². The highest BCUT2D eigenvalue weighted by atomic mass is 35.5. The monoisotopic (exact) mass is 488 g/mol. The maximum atomic E-state index is 12.8. The molecular formula is C22H17ClN2O5S2. The Morgan fingerprint density at radius 3 is 2.72 bits per heavy atom. The second-order valence-corrected chi connectivity index (χ2v) is 9.68. The van der Waals surface area contributed by atoms with Crippen molar-refractivity contribution in [1.82, 2.24) is 4.98 Å². The van der Waals surface area contributed by atoms with Gasteiger partial charge in [-0.15, -0.1) is 0 Å². The van der Waals surface area contributed by atoms with E-state index in [9.17, 15) is 13.2 Å². The number of thioether (sulfide) groups is 1. The molecule has 0 saturated heterocycles. The second kappa shape index (κ2) is 9.23.